The Hall–Kier alpha value is -0.160. The molecule has 4 nitrogen and oxygen atoms in total. The molecule has 0 radical (unpaired) electrons. The Morgan fingerprint density at radius 3 is 2.23 bits per heavy atom. The van der Waals surface area contributed by atoms with E-state index in [4.69, 9.17) is 4.74 Å². The molecular formula is C18H37NO3. The van der Waals surface area contributed by atoms with Gasteiger partial charge in [0.05, 0.1) is 18.2 Å². The van der Waals surface area contributed by atoms with Gasteiger partial charge in [0.1, 0.15) is 6.10 Å². The number of ether oxygens (including phenoxy) is 1. The first-order valence-corrected chi connectivity index (χ1v) is 9.29. The lowest BCUT2D eigenvalue weighted by Gasteiger charge is -2.32. The van der Waals surface area contributed by atoms with Gasteiger partial charge in [0.25, 0.3) is 0 Å². The maximum Gasteiger partial charge on any atom is 0.101 e. The van der Waals surface area contributed by atoms with E-state index in [1.54, 1.807) is 0 Å². The highest BCUT2D eigenvalue weighted by Gasteiger charge is 2.44. The number of unbranched alkanes of at least 4 members (excludes halogenated alkanes) is 6. The quantitative estimate of drug-likeness (QED) is 0.544. The summed E-state index contributed by atoms with van der Waals surface area (Å²) in [6.45, 7) is 6.06. The first kappa shape index (κ1) is 19.9. The zero-order valence-corrected chi connectivity index (χ0v) is 14.8. The third kappa shape index (κ3) is 6.53. The van der Waals surface area contributed by atoms with Crippen LogP contribution in [0.3, 0.4) is 0 Å². The average molecular weight is 315 g/mol. The minimum atomic E-state index is -0.538. The van der Waals surface area contributed by atoms with Crippen LogP contribution in [0.5, 0.6) is 0 Å². The van der Waals surface area contributed by atoms with Crippen molar-refractivity contribution in [2.45, 2.75) is 96.0 Å². The number of likely N-dealkylation sites (N-methyl/N-ethyl adjacent to an activating group) is 1. The van der Waals surface area contributed by atoms with Crippen LogP contribution in [0.4, 0.5) is 0 Å². The van der Waals surface area contributed by atoms with E-state index in [2.05, 4.69) is 18.7 Å². The fourth-order valence-corrected chi connectivity index (χ4v) is 3.41. The summed E-state index contributed by atoms with van der Waals surface area (Å²) < 4.78 is 5.95. The first-order valence-electron chi connectivity index (χ1n) is 9.29. The Morgan fingerprint density at radius 2 is 1.55 bits per heavy atom. The van der Waals surface area contributed by atoms with E-state index in [9.17, 15) is 10.2 Å². The molecule has 0 heterocycles. The molecule has 0 amide bonds. The number of hydrogen-bond acceptors (Lipinski definition) is 4. The minimum Gasteiger partial charge on any atom is -0.391 e. The third-order valence-electron chi connectivity index (χ3n) is 4.77. The lowest BCUT2D eigenvalue weighted by atomic mass is 10.1. The molecule has 1 fully saturated rings. The van der Waals surface area contributed by atoms with Crippen molar-refractivity contribution in [1.29, 1.82) is 0 Å². The molecule has 2 N–H and O–H groups in total. The van der Waals surface area contributed by atoms with Crippen LogP contribution in [-0.2, 0) is 4.74 Å². The summed E-state index contributed by atoms with van der Waals surface area (Å²) >= 11 is 0. The molecule has 0 aromatic rings. The molecule has 0 spiro atoms. The van der Waals surface area contributed by atoms with E-state index in [1.807, 2.05) is 7.05 Å². The largest absolute Gasteiger partial charge is 0.391 e. The second kappa shape index (κ2) is 11.4. The smallest absolute Gasteiger partial charge is 0.101 e. The Morgan fingerprint density at radius 1 is 0.909 bits per heavy atom. The zero-order chi connectivity index (χ0) is 16.4. The maximum absolute atomic E-state index is 10.2. The van der Waals surface area contributed by atoms with Gasteiger partial charge in [0, 0.05) is 13.0 Å². The number of nitrogens with zero attached hydrogens (tertiary/aromatic N) is 1. The maximum atomic E-state index is 10.2. The van der Waals surface area contributed by atoms with E-state index in [-0.39, 0.29) is 12.1 Å². The van der Waals surface area contributed by atoms with Crippen molar-refractivity contribution >= 4 is 0 Å². The molecule has 1 rings (SSSR count). The van der Waals surface area contributed by atoms with Crippen molar-refractivity contribution in [3.8, 4) is 0 Å². The fraction of sp³-hybridized carbons (Fsp3) is 1.00. The Labute approximate surface area is 136 Å². The van der Waals surface area contributed by atoms with Gasteiger partial charge in [0.2, 0.25) is 0 Å². The highest BCUT2D eigenvalue weighted by Crippen LogP contribution is 2.28. The summed E-state index contributed by atoms with van der Waals surface area (Å²) in [7, 11) is 2.04. The standard InChI is InChI=1S/C18H37NO3/c1-4-6-8-9-11-13-22-18-16(21)14-15(20)17(18)19(3)12-10-7-5-2/h15-18,20-21H,4-14H2,1-3H3. The van der Waals surface area contributed by atoms with Crippen LogP contribution in [0.1, 0.15) is 71.6 Å². The molecule has 4 heteroatoms. The van der Waals surface area contributed by atoms with Gasteiger partial charge < -0.3 is 14.9 Å². The van der Waals surface area contributed by atoms with Crippen LogP contribution in [0.15, 0.2) is 0 Å². The van der Waals surface area contributed by atoms with E-state index >= 15 is 0 Å². The first-order chi connectivity index (χ1) is 10.6. The van der Waals surface area contributed by atoms with E-state index < -0.39 is 12.2 Å². The Balaban J connectivity index is 2.36. The highest BCUT2D eigenvalue weighted by molar-refractivity contribution is 4.98. The normalized spacial score (nSPS) is 28.6. The van der Waals surface area contributed by atoms with Crippen LogP contribution in [-0.4, -0.2) is 59.7 Å². The lowest BCUT2D eigenvalue weighted by molar-refractivity contribution is -0.0589. The van der Waals surface area contributed by atoms with E-state index in [0.717, 1.165) is 19.4 Å². The molecule has 0 aromatic heterocycles. The Kier molecular flexibility index (Phi) is 10.3. The summed E-state index contributed by atoms with van der Waals surface area (Å²) in [6, 6.07) is -0.0671. The molecule has 0 aliphatic heterocycles. The van der Waals surface area contributed by atoms with Crippen molar-refractivity contribution in [2.75, 3.05) is 20.2 Å². The van der Waals surface area contributed by atoms with Crippen molar-refractivity contribution in [1.82, 2.24) is 4.90 Å². The van der Waals surface area contributed by atoms with Crippen molar-refractivity contribution < 1.29 is 14.9 Å². The molecule has 1 aliphatic carbocycles. The summed E-state index contributed by atoms with van der Waals surface area (Å²) in [5, 5.41) is 20.4. The van der Waals surface area contributed by atoms with Gasteiger partial charge in [-0.2, -0.15) is 0 Å². The second-order valence-electron chi connectivity index (χ2n) is 6.80. The number of aliphatic hydroxyl groups is 2. The van der Waals surface area contributed by atoms with Gasteiger partial charge in [0.15, 0.2) is 0 Å². The Bertz CT molecular complexity index is 275. The molecule has 0 bridgehead atoms. The van der Waals surface area contributed by atoms with Crippen LogP contribution in [0, 0.1) is 0 Å². The third-order valence-corrected chi connectivity index (χ3v) is 4.77. The summed E-state index contributed by atoms with van der Waals surface area (Å²) in [5.41, 5.74) is 0. The molecule has 22 heavy (non-hydrogen) atoms. The molecule has 1 aliphatic rings. The summed E-state index contributed by atoms with van der Waals surface area (Å²) in [5.74, 6) is 0. The average Bonchev–Trinajstić information content (AvgIpc) is 2.77. The van der Waals surface area contributed by atoms with Crippen molar-refractivity contribution in [3.05, 3.63) is 0 Å². The molecule has 4 unspecified atom stereocenters. The van der Waals surface area contributed by atoms with Gasteiger partial charge in [-0.05, 0) is 26.4 Å². The SMILES string of the molecule is CCCCCCCOC1C(O)CC(O)C1N(C)CCCCC. The van der Waals surface area contributed by atoms with E-state index in [1.165, 1.54) is 38.5 Å². The predicted molar refractivity (Wildman–Crippen MR) is 91.1 cm³/mol. The highest BCUT2D eigenvalue weighted by atomic mass is 16.5. The fourth-order valence-electron chi connectivity index (χ4n) is 3.41. The van der Waals surface area contributed by atoms with Crippen LogP contribution in [0.2, 0.25) is 0 Å². The molecule has 1 saturated carbocycles. The molecule has 4 atom stereocenters. The van der Waals surface area contributed by atoms with Gasteiger partial charge >= 0.3 is 0 Å². The van der Waals surface area contributed by atoms with Crippen LogP contribution >= 0.6 is 0 Å². The molecule has 0 aromatic carbocycles. The van der Waals surface area contributed by atoms with Gasteiger partial charge in [-0.15, -0.1) is 0 Å². The number of rotatable bonds is 12. The summed E-state index contributed by atoms with van der Waals surface area (Å²) in [6.07, 6.45) is 8.74. The number of aliphatic hydroxyl groups excluding tert-OH is 2. The van der Waals surface area contributed by atoms with Crippen LogP contribution < -0.4 is 0 Å². The van der Waals surface area contributed by atoms with Crippen molar-refractivity contribution in [2.24, 2.45) is 0 Å². The molecular weight excluding hydrogens is 278 g/mol. The molecule has 0 saturated heterocycles. The predicted octanol–water partition coefficient (Wildman–Crippen LogP) is 2.96. The topological polar surface area (TPSA) is 52.9 Å². The zero-order valence-electron chi connectivity index (χ0n) is 14.8. The summed E-state index contributed by atoms with van der Waals surface area (Å²) in [4.78, 5) is 2.18. The van der Waals surface area contributed by atoms with Gasteiger partial charge in [-0.3, -0.25) is 4.90 Å². The lowest BCUT2D eigenvalue weighted by Crippen LogP contribution is -2.47. The second-order valence-corrected chi connectivity index (χ2v) is 6.80. The van der Waals surface area contributed by atoms with Gasteiger partial charge in [-0.25, -0.2) is 0 Å². The van der Waals surface area contributed by atoms with Crippen molar-refractivity contribution in [3.63, 3.8) is 0 Å². The van der Waals surface area contributed by atoms with E-state index in [0.29, 0.717) is 13.0 Å². The van der Waals surface area contributed by atoms with Crippen LogP contribution in [0.25, 0.3) is 0 Å². The number of hydrogen-bond donors (Lipinski definition) is 2. The van der Waals surface area contributed by atoms with Gasteiger partial charge in [-0.1, -0.05) is 52.4 Å². The molecule has 132 valence electrons. The minimum absolute atomic E-state index is 0.0671. The monoisotopic (exact) mass is 315 g/mol.